The summed E-state index contributed by atoms with van der Waals surface area (Å²) in [6.45, 7) is 0. The summed E-state index contributed by atoms with van der Waals surface area (Å²) in [5.41, 5.74) is 1.81. The molecule has 0 bridgehead atoms. The Balaban J connectivity index is 2.57. The second-order valence-corrected chi connectivity index (χ2v) is 6.94. The number of hydrogen-bond acceptors (Lipinski definition) is 5. The number of amides is 1. The molecule has 1 aromatic carbocycles. The van der Waals surface area contributed by atoms with E-state index in [-0.39, 0.29) is 4.88 Å². The molecule has 0 aliphatic rings. The highest BCUT2D eigenvalue weighted by Crippen LogP contribution is 2.29. The van der Waals surface area contributed by atoms with Crippen LogP contribution in [0.1, 0.15) is 9.67 Å². The largest absolute Gasteiger partial charge is 0.477 e. The Morgan fingerprint density at radius 1 is 1.30 bits per heavy atom. The van der Waals surface area contributed by atoms with Gasteiger partial charge in [0.05, 0.1) is 4.90 Å². The number of carboxylic acids is 1. The first-order valence-electron chi connectivity index (χ1n) is 5.17. The average molecular weight is 317 g/mol. The van der Waals surface area contributed by atoms with Crippen molar-refractivity contribution in [2.24, 2.45) is 5.73 Å². The molecule has 6 nitrogen and oxygen atoms in total. The lowest BCUT2D eigenvalue weighted by molar-refractivity contribution is -0.120. The summed E-state index contributed by atoms with van der Waals surface area (Å²) in [6, 6.07) is 4.95. The van der Waals surface area contributed by atoms with Crippen molar-refractivity contribution < 1.29 is 27.5 Å². The zero-order chi connectivity index (χ0) is 15.1. The van der Waals surface area contributed by atoms with Gasteiger partial charge in [0.2, 0.25) is 9.84 Å². The summed E-state index contributed by atoms with van der Waals surface area (Å²) in [5, 5.41) is 9.36. The van der Waals surface area contributed by atoms with Crippen LogP contribution in [0.4, 0.5) is 4.39 Å². The van der Waals surface area contributed by atoms with Crippen LogP contribution in [0, 0.1) is 0 Å². The third kappa shape index (κ3) is 2.37. The second kappa shape index (κ2) is 4.84. The molecule has 0 saturated carbocycles. The standard InChI is InChI=1S/C11H8FNO5S2/c12-9(10(13)14)20(17,18)6-2-1-5-3-8(11(15)16)19-7(5)4-6/h1-4,9H,(H2,13,14)(H,15,16). The number of halogens is 1. The Hall–Kier alpha value is -2.00. The molecule has 0 spiro atoms. The molecule has 0 saturated heterocycles. The normalized spacial score (nSPS) is 13.2. The zero-order valence-corrected chi connectivity index (χ0v) is 11.4. The van der Waals surface area contributed by atoms with Crippen LogP contribution in [-0.2, 0) is 14.6 Å². The van der Waals surface area contributed by atoms with E-state index < -0.39 is 32.1 Å². The molecule has 3 N–H and O–H groups in total. The first kappa shape index (κ1) is 14.4. The number of aromatic carboxylic acids is 1. The van der Waals surface area contributed by atoms with Gasteiger partial charge in [-0.1, -0.05) is 6.07 Å². The number of benzene rings is 1. The van der Waals surface area contributed by atoms with E-state index in [1.165, 1.54) is 12.1 Å². The fourth-order valence-corrected chi connectivity index (χ4v) is 3.67. The van der Waals surface area contributed by atoms with Crippen LogP contribution in [0.3, 0.4) is 0 Å². The molecule has 1 unspecified atom stereocenters. The number of nitrogens with two attached hydrogens (primary N) is 1. The Morgan fingerprint density at radius 3 is 2.50 bits per heavy atom. The first-order valence-corrected chi connectivity index (χ1v) is 7.54. The lowest BCUT2D eigenvalue weighted by atomic mass is 10.2. The Labute approximate surface area is 116 Å². The van der Waals surface area contributed by atoms with Crippen LogP contribution < -0.4 is 5.73 Å². The van der Waals surface area contributed by atoms with Gasteiger partial charge in [-0.05, 0) is 23.6 Å². The van der Waals surface area contributed by atoms with E-state index in [1.807, 2.05) is 0 Å². The molecule has 1 atom stereocenters. The van der Waals surface area contributed by atoms with Gasteiger partial charge < -0.3 is 10.8 Å². The van der Waals surface area contributed by atoms with Gasteiger partial charge in [0.25, 0.3) is 11.4 Å². The Morgan fingerprint density at radius 2 is 1.95 bits per heavy atom. The molecule has 0 fully saturated rings. The van der Waals surface area contributed by atoms with Crippen molar-refractivity contribution in [3.05, 3.63) is 29.1 Å². The van der Waals surface area contributed by atoms with Crippen LogP contribution >= 0.6 is 11.3 Å². The van der Waals surface area contributed by atoms with Crippen molar-refractivity contribution in [3.8, 4) is 0 Å². The molecule has 2 aromatic rings. The summed E-state index contributed by atoms with van der Waals surface area (Å²) < 4.78 is 37.3. The molecule has 1 amide bonds. The van der Waals surface area contributed by atoms with Crippen LogP contribution in [0.2, 0.25) is 0 Å². The number of thiophene rings is 1. The number of carboxylic acid groups (broad SMARTS) is 1. The van der Waals surface area contributed by atoms with Crippen molar-refractivity contribution in [2.45, 2.75) is 10.4 Å². The van der Waals surface area contributed by atoms with E-state index in [0.29, 0.717) is 10.1 Å². The van der Waals surface area contributed by atoms with E-state index in [4.69, 9.17) is 5.11 Å². The smallest absolute Gasteiger partial charge is 0.345 e. The molecule has 2 rings (SSSR count). The van der Waals surface area contributed by atoms with Gasteiger partial charge in [0, 0.05) is 4.70 Å². The summed E-state index contributed by atoms with van der Waals surface area (Å²) >= 11 is 0.853. The van der Waals surface area contributed by atoms with E-state index in [0.717, 1.165) is 23.5 Å². The van der Waals surface area contributed by atoms with Gasteiger partial charge in [-0.3, -0.25) is 4.79 Å². The molecular formula is C11H8FNO5S2. The molecule has 1 aromatic heterocycles. The molecule has 0 aliphatic carbocycles. The predicted octanol–water partition coefficient (Wildman–Crippen LogP) is 1.15. The maximum absolute atomic E-state index is 13.4. The third-order valence-electron chi connectivity index (χ3n) is 2.53. The SMILES string of the molecule is NC(=O)C(F)S(=O)(=O)c1ccc2cc(C(=O)O)sc2c1. The van der Waals surface area contributed by atoms with E-state index in [9.17, 15) is 22.4 Å². The summed E-state index contributed by atoms with van der Waals surface area (Å²) in [4.78, 5) is 21.1. The van der Waals surface area contributed by atoms with Crippen LogP contribution in [0.5, 0.6) is 0 Å². The highest BCUT2D eigenvalue weighted by Gasteiger charge is 2.32. The van der Waals surface area contributed by atoms with Crippen molar-refractivity contribution in [1.29, 1.82) is 0 Å². The summed E-state index contributed by atoms with van der Waals surface area (Å²) in [5.74, 6) is -2.74. The molecule has 20 heavy (non-hydrogen) atoms. The number of hydrogen-bond donors (Lipinski definition) is 2. The number of carbonyl (C=O) groups excluding carboxylic acids is 1. The molecular weight excluding hydrogens is 309 g/mol. The summed E-state index contributed by atoms with van der Waals surface area (Å²) in [7, 11) is -4.52. The topological polar surface area (TPSA) is 115 Å². The van der Waals surface area contributed by atoms with Crippen molar-refractivity contribution in [1.82, 2.24) is 0 Å². The quantitative estimate of drug-likeness (QED) is 0.878. The zero-order valence-electron chi connectivity index (χ0n) is 9.74. The minimum absolute atomic E-state index is 0.0289. The maximum Gasteiger partial charge on any atom is 0.345 e. The van der Waals surface area contributed by atoms with Crippen LogP contribution in [0.15, 0.2) is 29.2 Å². The third-order valence-corrected chi connectivity index (χ3v) is 5.30. The molecule has 106 valence electrons. The maximum atomic E-state index is 13.4. The fraction of sp³-hybridized carbons (Fsp3) is 0.0909. The predicted molar refractivity (Wildman–Crippen MR) is 70.1 cm³/mol. The van der Waals surface area contributed by atoms with Gasteiger partial charge in [0.1, 0.15) is 4.88 Å². The van der Waals surface area contributed by atoms with Gasteiger partial charge >= 0.3 is 5.97 Å². The first-order chi connectivity index (χ1) is 9.23. The van der Waals surface area contributed by atoms with Gasteiger partial charge in [-0.25, -0.2) is 17.6 Å². The van der Waals surface area contributed by atoms with Crippen LogP contribution in [0.25, 0.3) is 10.1 Å². The van der Waals surface area contributed by atoms with E-state index in [2.05, 4.69) is 5.73 Å². The molecule has 0 aliphatic heterocycles. The monoisotopic (exact) mass is 317 g/mol. The minimum atomic E-state index is -4.52. The lowest BCUT2D eigenvalue weighted by Crippen LogP contribution is -2.32. The fourth-order valence-electron chi connectivity index (χ4n) is 1.57. The average Bonchev–Trinajstić information content (AvgIpc) is 2.80. The van der Waals surface area contributed by atoms with Crippen molar-refractivity contribution in [3.63, 3.8) is 0 Å². The Bertz CT molecular complexity index is 811. The number of rotatable bonds is 4. The number of primary amides is 1. The second-order valence-electron chi connectivity index (χ2n) is 3.88. The highest BCUT2D eigenvalue weighted by molar-refractivity contribution is 7.92. The highest BCUT2D eigenvalue weighted by atomic mass is 32.2. The molecule has 0 radical (unpaired) electrons. The number of sulfone groups is 1. The minimum Gasteiger partial charge on any atom is -0.477 e. The Kier molecular flexibility index (Phi) is 3.48. The molecule has 1 heterocycles. The summed E-state index contributed by atoms with van der Waals surface area (Å²) in [6.07, 6.45) is 0. The van der Waals surface area contributed by atoms with Crippen molar-refractivity contribution >= 4 is 43.1 Å². The van der Waals surface area contributed by atoms with E-state index in [1.54, 1.807) is 0 Å². The van der Waals surface area contributed by atoms with Crippen LogP contribution in [-0.4, -0.2) is 30.9 Å². The van der Waals surface area contributed by atoms with Gasteiger partial charge in [-0.15, -0.1) is 11.3 Å². The number of fused-ring (bicyclic) bond motifs is 1. The number of carbonyl (C=O) groups is 2. The van der Waals surface area contributed by atoms with Crippen molar-refractivity contribution in [2.75, 3.05) is 0 Å². The van der Waals surface area contributed by atoms with Gasteiger partial charge in [0.15, 0.2) is 0 Å². The number of alkyl halides is 1. The van der Waals surface area contributed by atoms with E-state index >= 15 is 0 Å². The molecule has 9 heteroatoms. The lowest BCUT2D eigenvalue weighted by Gasteiger charge is -2.06. The van der Waals surface area contributed by atoms with Gasteiger partial charge in [-0.2, -0.15) is 0 Å².